The Kier molecular flexibility index (Phi) is 4.25. The summed E-state index contributed by atoms with van der Waals surface area (Å²) in [6.45, 7) is 3.87. The predicted molar refractivity (Wildman–Crippen MR) is 67.5 cm³/mol. The molecule has 3 N–H and O–H groups in total. The summed E-state index contributed by atoms with van der Waals surface area (Å²) in [7, 11) is 1.57. The number of rotatable bonds is 5. The Bertz CT molecular complexity index is 458. The van der Waals surface area contributed by atoms with Gasteiger partial charge in [0.15, 0.2) is 0 Å². The topological polar surface area (TPSA) is 91.3 Å². The molecular formula is C12H17N3O3. The molecule has 1 heterocycles. The van der Waals surface area contributed by atoms with Crippen molar-refractivity contribution in [2.75, 3.05) is 18.9 Å². The normalized spacial score (nSPS) is 10.8. The highest BCUT2D eigenvalue weighted by Gasteiger charge is 2.26. The Balaban J connectivity index is 2.81. The molecule has 98 valence electrons. The molecule has 0 spiro atoms. The van der Waals surface area contributed by atoms with Gasteiger partial charge in [0.1, 0.15) is 0 Å². The van der Waals surface area contributed by atoms with E-state index >= 15 is 0 Å². The van der Waals surface area contributed by atoms with Gasteiger partial charge in [0.05, 0.1) is 22.9 Å². The monoisotopic (exact) mass is 251 g/mol. The van der Waals surface area contributed by atoms with E-state index in [1.165, 1.54) is 18.5 Å². The van der Waals surface area contributed by atoms with Crippen LogP contribution in [0.3, 0.4) is 0 Å². The summed E-state index contributed by atoms with van der Waals surface area (Å²) >= 11 is 0. The Hall–Kier alpha value is -2.11. The third-order valence-corrected chi connectivity index (χ3v) is 2.61. The first kappa shape index (κ1) is 14.0. The van der Waals surface area contributed by atoms with Crippen LogP contribution >= 0.6 is 0 Å². The van der Waals surface area contributed by atoms with Crippen LogP contribution in [0.1, 0.15) is 24.2 Å². The molecule has 0 saturated carbocycles. The van der Waals surface area contributed by atoms with E-state index in [0.29, 0.717) is 12.2 Å². The van der Waals surface area contributed by atoms with Gasteiger partial charge in [-0.15, -0.1) is 0 Å². The number of pyridine rings is 1. The van der Waals surface area contributed by atoms with E-state index in [1.807, 2.05) is 0 Å². The van der Waals surface area contributed by atoms with E-state index in [2.05, 4.69) is 15.6 Å². The van der Waals surface area contributed by atoms with Crippen LogP contribution in [0.4, 0.5) is 5.69 Å². The van der Waals surface area contributed by atoms with Crippen molar-refractivity contribution in [2.45, 2.75) is 13.8 Å². The van der Waals surface area contributed by atoms with Gasteiger partial charge in [-0.1, -0.05) is 0 Å². The summed E-state index contributed by atoms with van der Waals surface area (Å²) in [5.74, 6) is -1.14. The molecule has 0 bridgehead atoms. The molecule has 0 aliphatic heterocycles. The summed E-state index contributed by atoms with van der Waals surface area (Å²) in [5, 5.41) is 14.5. The summed E-state index contributed by atoms with van der Waals surface area (Å²) in [5.41, 5.74) is -0.0972. The fourth-order valence-electron chi connectivity index (χ4n) is 1.46. The Labute approximate surface area is 105 Å². The maximum absolute atomic E-state index is 11.6. The van der Waals surface area contributed by atoms with Gasteiger partial charge in [0.25, 0.3) is 0 Å². The van der Waals surface area contributed by atoms with E-state index in [-0.39, 0.29) is 11.5 Å². The van der Waals surface area contributed by atoms with Crippen molar-refractivity contribution in [1.82, 2.24) is 10.3 Å². The van der Waals surface area contributed by atoms with Crippen LogP contribution in [0, 0.1) is 5.41 Å². The first-order chi connectivity index (χ1) is 8.38. The first-order valence-corrected chi connectivity index (χ1v) is 5.52. The van der Waals surface area contributed by atoms with Crippen LogP contribution in [-0.2, 0) is 4.79 Å². The minimum atomic E-state index is -1.03. The Morgan fingerprint density at radius 2 is 2.11 bits per heavy atom. The molecule has 0 radical (unpaired) electrons. The van der Waals surface area contributed by atoms with E-state index in [4.69, 9.17) is 5.11 Å². The summed E-state index contributed by atoms with van der Waals surface area (Å²) < 4.78 is 0. The third-order valence-electron chi connectivity index (χ3n) is 2.61. The van der Waals surface area contributed by atoms with Crippen LogP contribution in [0.15, 0.2) is 18.5 Å². The van der Waals surface area contributed by atoms with Gasteiger partial charge < -0.3 is 15.7 Å². The third kappa shape index (κ3) is 3.19. The van der Waals surface area contributed by atoms with Crippen molar-refractivity contribution in [3.63, 3.8) is 0 Å². The number of carbonyl (C=O) groups is 2. The zero-order valence-electron chi connectivity index (χ0n) is 10.7. The van der Waals surface area contributed by atoms with Crippen LogP contribution in [0.25, 0.3) is 0 Å². The lowest BCUT2D eigenvalue weighted by Crippen LogP contribution is -2.39. The largest absolute Gasteiger partial charge is 0.478 e. The maximum Gasteiger partial charge on any atom is 0.337 e. The van der Waals surface area contributed by atoms with Crippen LogP contribution in [0.2, 0.25) is 0 Å². The molecule has 1 rings (SSSR count). The lowest BCUT2D eigenvalue weighted by atomic mass is 9.92. The number of nitrogens with one attached hydrogen (secondary N) is 2. The molecule has 0 aromatic carbocycles. The molecule has 6 heteroatoms. The molecule has 1 aromatic heterocycles. The van der Waals surface area contributed by atoms with Crippen LogP contribution in [0.5, 0.6) is 0 Å². The average Bonchev–Trinajstić information content (AvgIpc) is 2.35. The lowest BCUT2D eigenvalue weighted by molar-refractivity contribution is -0.128. The fourth-order valence-corrected chi connectivity index (χ4v) is 1.46. The second-order valence-electron chi connectivity index (χ2n) is 4.54. The minimum absolute atomic E-state index is 0.115. The highest BCUT2D eigenvalue weighted by molar-refractivity contribution is 5.94. The maximum atomic E-state index is 11.6. The summed E-state index contributed by atoms with van der Waals surface area (Å²) in [6, 6.07) is 1.41. The zero-order chi connectivity index (χ0) is 13.8. The van der Waals surface area contributed by atoms with Crippen molar-refractivity contribution in [1.29, 1.82) is 0 Å². The molecule has 1 amide bonds. The van der Waals surface area contributed by atoms with E-state index in [1.54, 1.807) is 20.9 Å². The molecular weight excluding hydrogens is 234 g/mol. The van der Waals surface area contributed by atoms with Crippen molar-refractivity contribution >= 4 is 17.6 Å². The molecule has 0 saturated heterocycles. The highest BCUT2D eigenvalue weighted by Crippen LogP contribution is 2.19. The average molecular weight is 251 g/mol. The molecule has 0 aliphatic carbocycles. The van der Waals surface area contributed by atoms with Crippen LogP contribution in [-0.4, -0.2) is 35.6 Å². The van der Waals surface area contributed by atoms with Crippen LogP contribution < -0.4 is 10.6 Å². The molecule has 0 atom stereocenters. The minimum Gasteiger partial charge on any atom is -0.478 e. The number of nitrogens with zero attached hydrogens (tertiary/aromatic N) is 1. The Morgan fingerprint density at radius 3 is 2.67 bits per heavy atom. The number of aromatic nitrogens is 1. The quantitative estimate of drug-likeness (QED) is 0.725. The molecule has 6 nitrogen and oxygen atoms in total. The molecule has 0 fully saturated rings. The first-order valence-electron chi connectivity index (χ1n) is 5.52. The van der Waals surface area contributed by atoms with Gasteiger partial charge in [-0.3, -0.25) is 9.78 Å². The lowest BCUT2D eigenvalue weighted by Gasteiger charge is -2.23. The molecule has 18 heavy (non-hydrogen) atoms. The van der Waals surface area contributed by atoms with Gasteiger partial charge in [-0.2, -0.15) is 0 Å². The van der Waals surface area contributed by atoms with Gasteiger partial charge in [0, 0.05) is 19.8 Å². The number of carboxylic acids is 1. The van der Waals surface area contributed by atoms with Crippen molar-refractivity contribution in [3.05, 3.63) is 24.0 Å². The number of anilines is 1. The molecule has 0 unspecified atom stereocenters. The number of carbonyl (C=O) groups excluding carboxylic acids is 1. The summed E-state index contributed by atoms with van der Waals surface area (Å²) in [4.78, 5) is 26.4. The number of hydrogen-bond acceptors (Lipinski definition) is 4. The SMILES string of the molecule is CNC(=O)C(C)(C)CNc1cnccc1C(=O)O. The van der Waals surface area contributed by atoms with Gasteiger partial charge in [-0.05, 0) is 19.9 Å². The van der Waals surface area contributed by atoms with Gasteiger partial charge in [-0.25, -0.2) is 4.79 Å². The predicted octanol–water partition coefficient (Wildman–Crippen LogP) is 0.964. The number of hydrogen-bond donors (Lipinski definition) is 3. The Morgan fingerprint density at radius 1 is 1.44 bits per heavy atom. The van der Waals surface area contributed by atoms with Crippen molar-refractivity contribution in [3.8, 4) is 0 Å². The summed E-state index contributed by atoms with van der Waals surface area (Å²) in [6.07, 6.45) is 2.85. The molecule has 0 aliphatic rings. The number of amides is 1. The van der Waals surface area contributed by atoms with Crippen molar-refractivity contribution in [2.24, 2.45) is 5.41 Å². The zero-order valence-corrected chi connectivity index (χ0v) is 10.7. The fraction of sp³-hybridized carbons (Fsp3) is 0.417. The van der Waals surface area contributed by atoms with E-state index in [9.17, 15) is 9.59 Å². The van der Waals surface area contributed by atoms with Gasteiger partial charge >= 0.3 is 5.97 Å². The second-order valence-corrected chi connectivity index (χ2v) is 4.54. The second kappa shape index (κ2) is 5.48. The van der Waals surface area contributed by atoms with E-state index in [0.717, 1.165) is 0 Å². The van der Waals surface area contributed by atoms with Crippen molar-refractivity contribution < 1.29 is 14.7 Å². The highest BCUT2D eigenvalue weighted by atomic mass is 16.4. The molecule has 1 aromatic rings. The number of aromatic carboxylic acids is 1. The van der Waals surface area contributed by atoms with E-state index < -0.39 is 11.4 Å². The standard InChI is InChI=1S/C12H17N3O3/c1-12(2,11(18)13-3)7-15-9-6-14-5-4-8(9)10(16)17/h4-6,15H,7H2,1-3H3,(H,13,18)(H,16,17). The smallest absolute Gasteiger partial charge is 0.337 e. The van der Waals surface area contributed by atoms with Gasteiger partial charge in [0.2, 0.25) is 5.91 Å². The number of carboxylic acid groups (broad SMARTS) is 1.